The normalized spacial score (nSPS) is 11.9. The molecule has 4 rings (SSSR count). The van der Waals surface area contributed by atoms with E-state index in [1.807, 2.05) is 30.3 Å². The van der Waals surface area contributed by atoms with Gasteiger partial charge in [0.1, 0.15) is 18.2 Å². The standard InChI is InChI=1S/C31H26Cl2FNO4/c1-17(2)30(36)24(29(35)28-25(32)5-4-6-26(28)33)16-39-22-11-9-19-13-18(7-8-20(19)14-22)21-10-12-27(34)23(15-21)31(37)38-3/h4-15,17H,16,35H2,1-3H3/b29-24-. The largest absolute Gasteiger partial charge is 0.489 e. The molecular formula is C31H26Cl2FNO4. The van der Waals surface area contributed by atoms with Gasteiger partial charge in [0.15, 0.2) is 5.78 Å². The summed E-state index contributed by atoms with van der Waals surface area (Å²) in [6, 6.07) is 20.5. The second-order valence-electron chi connectivity index (χ2n) is 9.21. The van der Waals surface area contributed by atoms with Crippen LogP contribution in [0.3, 0.4) is 0 Å². The van der Waals surface area contributed by atoms with Crippen LogP contribution in [0.25, 0.3) is 27.6 Å². The number of carbonyl (C=O) groups excluding carboxylic acids is 2. The van der Waals surface area contributed by atoms with E-state index in [-0.39, 0.29) is 35.1 Å². The molecule has 4 aromatic rings. The molecule has 0 fully saturated rings. The molecule has 0 atom stereocenters. The summed E-state index contributed by atoms with van der Waals surface area (Å²) in [6.07, 6.45) is 0. The summed E-state index contributed by atoms with van der Waals surface area (Å²) in [7, 11) is 1.21. The summed E-state index contributed by atoms with van der Waals surface area (Å²) in [4.78, 5) is 24.9. The van der Waals surface area contributed by atoms with Crippen LogP contribution >= 0.6 is 23.2 Å². The zero-order valence-electron chi connectivity index (χ0n) is 21.6. The minimum absolute atomic E-state index is 0.0696. The Morgan fingerprint density at radius 3 is 2.18 bits per heavy atom. The Morgan fingerprint density at radius 2 is 1.51 bits per heavy atom. The maximum Gasteiger partial charge on any atom is 0.340 e. The first-order valence-electron chi connectivity index (χ1n) is 12.1. The first-order valence-corrected chi connectivity index (χ1v) is 12.9. The fourth-order valence-corrected chi connectivity index (χ4v) is 4.76. The number of carbonyl (C=O) groups is 2. The average molecular weight is 566 g/mol. The Hall–Kier alpha value is -3.87. The SMILES string of the molecule is COC(=O)c1cc(-c2ccc3cc(OC/C(C(=O)C(C)C)=C(/N)c4c(Cl)cccc4Cl)ccc3c2)ccc1F. The number of Topliss-reactive ketones (excluding diaryl/α,β-unsaturated/α-hetero) is 1. The smallest absolute Gasteiger partial charge is 0.340 e. The Kier molecular flexibility index (Phi) is 8.58. The van der Waals surface area contributed by atoms with Crippen molar-refractivity contribution >= 4 is 51.4 Å². The summed E-state index contributed by atoms with van der Waals surface area (Å²) in [5.74, 6) is -1.32. The van der Waals surface area contributed by atoms with Crippen molar-refractivity contribution in [1.82, 2.24) is 0 Å². The first-order chi connectivity index (χ1) is 18.6. The second kappa shape index (κ2) is 11.9. The molecule has 0 saturated carbocycles. The third-order valence-corrected chi connectivity index (χ3v) is 6.91. The van der Waals surface area contributed by atoms with Crippen molar-refractivity contribution in [2.75, 3.05) is 13.7 Å². The molecule has 4 aromatic carbocycles. The maximum atomic E-state index is 14.1. The Bertz CT molecular complexity index is 1590. The van der Waals surface area contributed by atoms with Crippen LogP contribution in [0.1, 0.15) is 29.8 Å². The number of hydrogen-bond acceptors (Lipinski definition) is 5. The van der Waals surface area contributed by atoms with Crippen molar-refractivity contribution in [1.29, 1.82) is 0 Å². The maximum absolute atomic E-state index is 14.1. The number of halogens is 3. The highest BCUT2D eigenvalue weighted by Gasteiger charge is 2.22. The van der Waals surface area contributed by atoms with E-state index in [1.165, 1.54) is 19.2 Å². The molecule has 8 heteroatoms. The summed E-state index contributed by atoms with van der Waals surface area (Å²) in [5, 5.41) is 2.47. The van der Waals surface area contributed by atoms with E-state index < -0.39 is 11.8 Å². The van der Waals surface area contributed by atoms with Gasteiger partial charge in [-0.3, -0.25) is 4.79 Å². The van der Waals surface area contributed by atoms with Crippen LogP contribution in [-0.4, -0.2) is 25.5 Å². The lowest BCUT2D eigenvalue weighted by Crippen LogP contribution is -2.21. The number of hydrogen-bond donors (Lipinski definition) is 1. The molecule has 5 nitrogen and oxygen atoms in total. The molecule has 0 heterocycles. The quantitative estimate of drug-likeness (QED) is 0.175. The van der Waals surface area contributed by atoms with Gasteiger partial charge >= 0.3 is 5.97 Å². The lowest BCUT2D eigenvalue weighted by atomic mass is 9.97. The second-order valence-corrected chi connectivity index (χ2v) is 10.0. The minimum atomic E-state index is -0.737. The van der Waals surface area contributed by atoms with Gasteiger partial charge in [-0.2, -0.15) is 0 Å². The molecule has 2 N–H and O–H groups in total. The lowest BCUT2D eigenvalue weighted by Gasteiger charge is -2.17. The predicted molar refractivity (Wildman–Crippen MR) is 154 cm³/mol. The van der Waals surface area contributed by atoms with Gasteiger partial charge < -0.3 is 15.2 Å². The molecule has 0 amide bonds. The fourth-order valence-electron chi connectivity index (χ4n) is 4.16. The highest BCUT2D eigenvalue weighted by molar-refractivity contribution is 6.37. The number of fused-ring (bicyclic) bond motifs is 1. The number of benzene rings is 4. The molecule has 0 aliphatic heterocycles. The van der Waals surface area contributed by atoms with Crippen molar-refractivity contribution in [3.05, 3.63) is 105 Å². The molecule has 0 spiro atoms. The zero-order chi connectivity index (χ0) is 28.3. The molecule has 200 valence electrons. The monoisotopic (exact) mass is 565 g/mol. The predicted octanol–water partition coefficient (Wildman–Crippen LogP) is 7.71. The molecular weight excluding hydrogens is 540 g/mol. The Morgan fingerprint density at radius 1 is 0.897 bits per heavy atom. The number of nitrogens with two attached hydrogens (primary N) is 1. The molecule has 39 heavy (non-hydrogen) atoms. The number of ketones is 1. The van der Waals surface area contributed by atoms with Gasteiger partial charge in [-0.15, -0.1) is 0 Å². The van der Waals surface area contributed by atoms with Crippen LogP contribution in [-0.2, 0) is 9.53 Å². The van der Waals surface area contributed by atoms with Gasteiger partial charge in [0, 0.05) is 11.5 Å². The summed E-state index contributed by atoms with van der Waals surface area (Å²) >= 11 is 12.7. The molecule has 0 unspecified atom stereocenters. The van der Waals surface area contributed by atoms with Crippen molar-refractivity contribution in [2.45, 2.75) is 13.8 Å². The van der Waals surface area contributed by atoms with Crippen LogP contribution in [0.4, 0.5) is 4.39 Å². The molecule has 0 aliphatic rings. The van der Waals surface area contributed by atoms with Crippen molar-refractivity contribution < 1.29 is 23.5 Å². The van der Waals surface area contributed by atoms with Gasteiger partial charge in [-0.1, -0.05) is 67.4 Å². The molecule has 0 radical (unpaired) electrons. The third-order valence-electron chi connectivity index (χ3n) is 6.28. The van der Waals surface area contributed by atoms with Crippen LogP contribution in [0.15, 0.2) is 78.4 Å². The van der Waals surface area contributed by atoms with Crippen LogP contribution in [0.5, 0.6) is 5.75 Å². The van der Waals surface area contributed by atoms with E-state index in [0.29, 0.717) is 26.9 Å². The first kappa shape index (κ1) is 28.1. The van der Waals surface area contributed by atoms with Crippen molar-refractivity contribution in [2.24, 2.45) is 11.7 Å². The van der Waals surface area contributed by atoms with E-state index >= 15 is 0 Å². The average Bonchev–Trinajstić information content (AvgIpc) is 2.92. The number of methoxy groups -OCH3 is 1. The fraction of sp³-hybridized carbons (Fsp3) is 0.161. The van der Waals surface area contributed by atoms with E-state index in [0.717, 1.165) is 16.3 Å². The highest BCUT2D eigenvalue weighted by atomic mass is 35.5. The summed E-state index contributed by atoms with van der Waals surface area (Å²) < 4.78 is 24.8. The van der Waals surface area contributed by atoms with Crippen molar-refractivity contribution in [3.8, 4) is 16.9 Å². The Balaban J connectivity index is 1.63. The van der Waals surface area contributed by atoms with E-state index in [1.54, 1.807) is 44.2 Å². The Labute approximate surface area is 235 Å². The number of ether oxygens (including phenoxy) is 2. The van der Waals surface area contributed by atoms with Crippen LogP contribution in [0.2, 0.25) is 10.0 Å². The van der Waals surface area contributed by atoms with Crippen molar-refractivity contribution in [3.63, 3.8) is 0 Å². The minimum Gasteiger partial charge on any atom is -0.489 e. The summed E-state index contributed by atoms with van der Waals surface area (Å²) in [5.41, 5.74) is 8.63. The third kappa shape index (κ3) is 6.08. The lowest BCUT2D eigenvalue weighted by molar-refractivity contribution is -0.118. The van der Waals surface area contributed by atoms with E-state index in [4.69, 9.17) is 33.7 Å². The molecule has 0 bridgehead atoms. The van der Waals surface area contributed by atoms with Gasteiger partial charge in [0.25, 0.3) is 0 Å². The van der Waals surface area contributed by atoms with Gasteiger partial charge in [-0.25, -0.2) is 9.18 Å². The molecule has 0 aromatic heterocycles. The number of esters is 1. The summed E-state index contributed by atoms with van der Waals surface area (Å²) in [6.45, 7) is 3.50. The van der Waals surface area contributed by atoms with Gasteiger partial charge in [0.05, 0.1) is 34.0 Å². The molecule has 0 saturated heterocycles. The van der Waals surface area contributed by atoms with Crippen LogP contribution < -0.4 is 10.5 Å². The van der Waals surface area contributed by atoms with Gasteiger partial charge in [-0.05, 0) is 64.4 Å². The molecule has 0 aliphatic carbocycles. The van der Waals surface area contributed by atoms with Gasteiger partial charge in [0.2, 0.25) is 0 Å². The highest BCUT2D eigenvalue weighted by Crippen LogP contribution is 2.32. The van der Waals surface area contributed by atoms with Crippen LogP contribution in [0, 0.1) is 11.7 Å². The zero-order valence-corrected chi connectivity index (χ0v) is 23.1. The number of rotatable bonds is 8. The van der Waals surface area contributed by atoms with E-state index in [2.05, 4.69) is 4.74 Å². The topological polar surface area (TPSA) is 78.6 Å². The van der Waals surface area contributed by atoms with E-state index in [9.17, 15) is 14.0 Å².